The van der Waals surface area contributed by atoms with Gasteiger partial charge in [-0.15, -0.1) is 0 Å². The molecule has 0 saturated heterocycles. The number of hydrogen-bond acceptors (Lipinski definition) is 2. The van der Waals surface area contributed by atoms with E-state index in [4.69, 9.17) is 9.90 Å². The molecule has 4 N–H and O–H groups in total. The van der Waals surface area contributed by atoms with Gasteiger partial charge in [-0.1, -0.05) is 6.58 Å². The van der Waals surface area contributed by atoms with Crippen LogP contribution in [-0.4, -0.2) is 5.97 Å². The van der Waals surface area contributed by atoms with Gasteiger partial charge < -0.3 is 16.1 Å². The van der Waals surface area contributed by atoms with Crippen molar-refractivity contribution in [3.8, 4) is 0 Å². The first-order chi connectivity index (χ1) is 2.27. The molecule has 0 aliphatic rings. The van der Waals surface area contributed by atoms with E-state index in [1.165, 1.54) is 0 Å². The summed E-state index contributed by atoms with van der Waals surface area (Å²) in [5, 5.41) is 9.14. The predicted molar refractivity (Wildman–Crippen MR) is 21.2 cm³/mol. The van der Waals surface area contributed by atoms with E-state index in [0.717, 1.165) is 6.08 Å². The Morgan fingerprint density at radius 2 is 2.00 bits per heavy atom. The summed E-state index contributed by atoms with van der Waals surface area (Å²) in [4.78, 5) is 9.14. The molecule has 0 spiro atoms. The van der Waals surface area contributed by atoms with Crippen molar-refractivity contribution in [3.63, 3.8) is 0 Å². The van der Waals surface area contributed by atoms with Crippen LogP contribution in [0.5, 0.6) is 0 Å². The highest BCUT2D eigenvalue weighted by Gasteiger charge is 1.55. The van der Waals surface area contributed by atoms with Gasteiger partial charge in [-0.2, -0.15) is 0 Å². The van der Waals surface area contributed by atoms with Crippen LogP contribution in [-0.2, 0) is 4.79 Å². The van der Waals surface area contributed by atoms with Gasteiger partial charge >= 0.3 is 0 Å². The molecule has 0 amide bonds. The first kappa shape index (κ1) is 8.95. The number of hydrogen-bond donors (Lipinski definition) is 1. The Kier molecular flexibility index (Phi) is 6.22. The van der Waals surface area contributed by atoms with Crippen LogP contribution in [0.4, 0.5) is 0 Å². The van der Waals surface area contributed by atoms with Gasteiger partial charge in [0.1, 0.15) is 0 Å². The highest BCUT2D eigenvalue weighted by atomic mass is 16.4. The minimum atomic E-state index is -1.23. The normalized spacial score (nSPS) is 5.33. The smallest absolute Gasteiger partial charge is 0.0636 e. The van der Waals surface area contributed by atoms with Gasteiger partial charge in [-0.3, -0.25) is 0 Å². The first-order valence-electron chi connectivity index (χ1n) is 1.11. The number of carboxylic acid groups (broad SMARTS) is 1. The molecule has 0 unspecified atom stereocenters. The fraction of sp³-hybridized carbons (Fsp3) is 0. The second-order valence-corrected chi connectivity index (χ2v) is 0.523. The highest BCUT2D eigenvalue weighted by molar-refractivity contribution is 5.76. The summed E-state index contributed by atoms with van der Waals surface area (Å²) in [5.74, 6) is -1.23. The predicted octanol–water partition coefficient (Wildman–Crippen LogP) is -0.702. The van der Waals surface area contributed by atoms with E-state index < -0.39 is 5.97 Å². The lowest BCUT2D eigenvalue weighted by Gasteiger charge is -1.81. The molecule has 0 bridgehead atoms. The molecule has 0 atom stereocenters. The van der Waals surface area contributed by atoms with Gasteiger partial charge in [-0.25, -0.2) is 0 Å². The van der Waals surface area contributed by atoms with Crippen LogP contribution in [0.3, 0.4) is 0 Å². The second kappa shape index (κ2) is 4.17. The Bertz CT molecular complexity index is 59.8. The third-order valence-electron chi connectivity index (χ3n) is 0.167. The number of quaternary nitrogens is 1. The summed E-state index contributed by atoms with van der Waals surface area (Å²) >= 11 is 0. The average molecular weight is 89.1 g/mol. The molecule has 0 aliphatic carbocycles. The van der Waals surface area contributed by atoms with E-state index in [1.807, 2.05) is 0 Å². The van der Waals surface area contributed by atoms with Gasteiger partial charge in [-0.05, 0) is 6.08 Å². The second-order valence-electron chi connectivity index (χ2n) is 0.523. The van der Waals surface area contributed by atoms with Crippen LogP contribution >= 0.6 is 0 Å². The Hall–Kier alpha value is -0.830. The number of carbonyl (C=O) groups is 1. The monoisotopic (exact) mass is 89.0 g/mol. The van der Waals surface area contributed by atoms with Crippen LogP contribution in [0.2, 0.25) is 0 Å². The summed E-state index contributed by atoms with van der Waals surface area (Å²) in [5.41, 5.74) is 0. The molecular weight excluding hydrogens is 82.0 g/mol. The molecule has 3 heteroatoms. The van der Waals surface area contributed by atoms with Crippen molar-refractivity contribution in [2.45, 2.75) is 0 Å². The zero-order valence-electron chi connectivity index (χ0n) is 3.60. The summed E-state index contributed by atoms with van der Waals surface area (Å²) in [7, 11) is 0. The molecule has 36 valence electrons. The maximum absolute atomic E-state index is 9.14. The van der Waals surface area contributed by atoms with E-state index in [0.29, 0.717) is 0 Å². The van der Waals surface area contributed by atoms with E-state index in [1.54, 1.807) is 0 Å². The summed E-state index contributed by atoms with van der Waals surface area (Å²) in [6.07, 6.45) is 0.722. The van der Waals surface area contributed by atoms with Crippen LogP contribution < -0.4 is 11.3 Å². The van der Waals surface area contributed by atoms with Crippen molar-refractivity contribution in [3.05, 3.63) is 12.7 Å². The van der Waals surface area contributed by atoms with Gasteiger partial charge in [0, 0.05) is 0 Å². The van der Waals surface area contributed by atoms with Crippen molar-refractivity contribution in [1.82, 2.24) is 6.15 Å². The molecule has 0 fully saturated rings. The lowest BCUT2D eigenvalue weighted by Crippen LogP contribution is -2.17. The number of rotatable bonds is 1. The third kappa shape index (κ3) is 10.9. The largest absolute Gasteiger partial charge is 0.545 e. The molecule has 0 aliphatic heterocycles. The van der Waals surface area contributed by atoms with Crippen molar-refractivity contribution in [2.24, 2.45) is 0 Å². The molecule has 0 aromatic rings. The minimum absolute atomic E-state index is 0. The third-order valence-corrected chi connectivity index (χ3v) is 0.167. The van der Waals surface area contributed by atoms with Crippen molar-refractivity contribution < 1.29 is 9.90 Å². The number of aliphatic carboxylic acids is 1. The molecule has 3 nitrogen and oxygen atoms in total. The van der Waals surface area contributed by atoms with Crippen LogP contribution in [0.15, 0.2) is 12.7 Å². The Labute approximate surface area is 35.9 Å². The zero-order valence-corrected chi connectivity index (χ0v) is 3.60. The van der Waals surface area contributed by atoms with Gasteiger partial charge in [0.25, 0.3) is 0 Å². The summed E-state index contributed by atoms with van der Waals surface area (Å²) in [6, 6.07) is 0. The van der Waals surface area contributed by atoms with E-state index in [-0.39, 0.29) is 6.15 Å². The maximum atomic E-state index is 9.14. The molecule has 0 rings (SSSR count). The van der Waals surface area contributed by atoms with Crippen LogP contribution in [0.25, 0.3) is 0 Å². The van der Waals surface area contributed by atoms with Crippen molar-refractivity contribution >= 4 is 5.97 Å². The molecule has 0 saturated carbocycles. The Morgan fingerprint density at radius 3 is 2.00 bits per heavy atom. The molecule has 6 heavy (non-hydrogen) atoms. The average Bonchev–Trinajstić information content (AvgIpc) is 1.38. The summed E-state index contributed by atoms with van der Waals surface area (Å²) < 4.78 is 0. The Morgan fingerprint density at radius 1 is 1.83 bits per heavy atom. The van der Waals surface area contributed by atoms with Crippen LogP contribution in [0, 0.1) is 0 Å². The maximum Gasteiger partial charge on any atom is 0.0636 e. The zero-order chi connectivity index (χ0) is 4.28. The van der Waals surface area contributed by atoms with Crippen LogP contribution in [0.1, 0.15) is 0 Å². The van der Waals surface area contributed by atoms with E-state index in [9.17, 15) is 0 Å². The SMILES string of the molecule is C=CC(=O)[O-].[NH4+]. The van der Waals surface area contributed by atoms with Gasteiger partial charge in [0.05, 0.1) is 5.97 Å². The quantitative estimate of drug-likeness (QED) is 0.431. The Balaban J connectivity index is 0. The van der Waals surface area contributed by atoms with Crippen molar-refractivity contribution in [1.29, 1.82) is 0 Å². The van der Waals surface area contributed by atoms with Gasteiger partial charge in [0.2, 0.25) is 0 Å². The molecule has 0 aromatic carbocycles. The molecule has 0 aromatic heterocycles. The fourth-order valence-electron chi connectivity index (χ4n) is 0. The standard InChI is InChI=1S/C3H4O2.H3N/c1-2-3(4)5;/h2H,1H2,(H,4,5);1H3. The molecule has 0 heterocycles. The molecular formula is C3H7NO2. The fourth-order valence-corrected chi connectivity index (χ4v) is 0. The first-order valence-corrected chi connectivity index (χ1v) is 1.11. The van der Waals surface area contributed by atoms with E-state index in [2.05, 4.69) is 6.58 Å². The lowest BCUT2D eigenvalue weighted by molar-refractivity contribution is -0.297. The number of carbonyl (C=O) groups excluding carboxylic acids is 1. The molecule has 0 radical (unpaired) electrons. The van der Waals surface area contributed by atoms with E-state index >= 15 is 0 Å². The van der Waals surface area contributed by atoms with Crippen molar-refractivity contribution in [2.75, 3.05) is 0 Å². The van der Waals surface area contributed by atoms with Gasteiger partial charge in [0.15, 0.2) is 0 Å². The topological polar surface area (TPSA) is 76.6 Å². The lowest BCUT2D eigenvalue weighted by atomic mass is 10.7. The summed E-state index contributed by atoms with van der Waals surface area (Å²) in [6.45, 7) is 2.90. The number of carboxylic acids is 1. The minimum Gasteiger partial charge on any atom is -0.545 e. The highest BCUT2D eigenvalue weighted by Crippen LogP contribution is 1.47.